The van der Waals surface area contributed by atoms with Gasteiger partial charge in [-0.2, -0.15) is 0 Å². The van der Waals surface area contributed by atoms with Gasteiger partial charge in [0.15, 0.2) is 0 Å². The average molecular weight is 426 g/mol. The summed E-state index contributed by atoms with van der Waals surface area (Å²) >= 11 is 6.40. The lowest BCUT2D eigenvalue weighted by atomic mass is 10.2. The number of hydrogen-bond donors (Lipinski definition) is 0. The van der Waals surface area contributed by atoms with Crippen LogP contribution in [-0.2, 0) is 4.79 Å². The van der Waals surface area contributed by atoms with Gasteiger partial charge in [-0.15, -0.1) is 6.58 Å². The van der Waals surface area contributed by atoms with Crippen molar-refractivity contribution in [1.82, 2.24) is 4.90 Å². The lowest BCUT2D eigenvalue weighted by Crippen LogP contribution is -2.27. The minimum Gasteiger partial charge on any atom is -0.423 e. The first-order valence-corrected chi connectivity index (χ1v) is 9.54. The first kappa shape index (κ1) is 20.4. The molecule has 0 radical (unpaired) electrons. The van der Waals surface area contributed by atoms with Crippen LogP contribution in [0.15, 0.2) is 66.1 Å². The van der Waals surface area contributed by atoms with E-state index in [9.17, 15) is 19.7 Å². The second-order valence-electron chi connectivity index (χ2n) is 5.85. The van der Waals surface area contributed by atoms with Gasteiger partial charge in [0, 0.05) is 18.7 Å². The number of carbonyl (C=O) groups is 2. The summed E-state index contributed by atoms with van der Waals surface area (Å²) in [6, 6.07) is 11.8. The molecular formula is C20H14N2O5S2. The molecule has 2 aromatic carbocycles. The van der Waals surface area contributed by atoms with E-state index in [2.05, 4.69) is 6.58 Å². The Hall–Kier alpha value is -3.30. The molecule has 146 valence electrons. The first-order valence-electron chi connectivity index (χ1n) is 8.32. The van der Waals surface area contributed by atoms with Crippen LogP contribution in [0.3, 0.4) is 0 Å². The van der Waals surface area contributed by atoms with Crippen LogP contribution in [0, 0.1) is 10.1 Å². The molecule has 1 saturated heterocycles. The molecule has 0 aromatic heterocycles. The molecule has 1 heterocycles. The molecule has 9 heteroatoms. The molecule has 0 spiro atoms. The van der Waals surface area contributed by atoms with E-state index < -0.39 is 10.9 Å². The zero-order valence-corrected chi connectivity index (χ0v) is 16.6. The van der Waals surface area contributed by atoms with Crippen molar-refractivity contribution in [2.24, 2.45) is 0 Å². The highest BCUT2D eigenvalue weighted by atomic mass is 32.2. The van der Waals surface area contributed by atoms with Gasteiger partial charge in [0.2, 0.25) is 0 Å². The number of rotatable bonds is 6. The lowest BCUT2D eigenvalue weighted by molar-refractivity contribution is -0.384. The van der Waals surface area contributed by atoms with Crippen LogP contribution in [-0.4, -0.2) is 32.6 Å². The largest absolute Gasteiger partial charge is 0.423 e. The summed E-state index contributed by atoms with van der Waals surface area (Å²) in [4.78, 5) is 36.7. The van der Waals surface area contributed by atoms with Gasteiger partial charge in [-0.3, -0.25) is 19.8 Å². The quantitative estimate of drug-likeness (QED) is 0.130. The maximum absolute atomic E-state index is 12.4. The molecule has 29 heavy (non-hydrogen) atoms. The Kier molecular flexibility index (Phi) is 6.20. The summed E-state index contributed by atoms with van der Waals surface area (Å²) in [5.74, 6) is -0.564. The predicted molar refractivity (Wildman–Crippen MR) is 115 cm³/mol. The van der Waals surface area contributed by atoms with Gasteiger partial charge in [-0.05, 0) is 35.9 Å². The molecule has 1 aliphatic heterocycles. The van der Waals surface area contributed by atoms with Crippen LogP contribution >= 0.6 is 24.0 Å². The number of esters is 1. The van der Waals surface area contributed by atoms with Crippen molar-refractivity contribution >= 4 is 51.9 Å². The predicted octanol–water partition coefficient (Wildman–Crippen LogP) is 4.20. The second-order valence-corrected chi connectivity index (χ2v) is 7.52. The molecule has 0 N–H and O–H groups in total. The van der Waals surface area contributed by atoms with Crippen molar-refractivity contribution in [1.29, 1.82) is 0 Å². The van der Waals surface area contributed by atoms with Gasteiger partial charge in [0.05, 0.1) is 15.4 Å². The molecule has 1 amide bonds. The standard InChI is InChI=1S/C20H14N2O5S2/c1-2-10-21-18(23)17(29-20(21)28)12-13-4-3-5-16(11-13)27-19(24)14-6-8-15(9-7-14)22(25)26/h2-9,11-12H,1,10H2/b17-12+. The molecule has 0 atom stereocenters. The van der Waals surface area contributed by atoms with E-state index in [1.54, 1.807) is 36.4 Å². The summed E-state index contributed by atoms with van der Waals surface area (Å²) in [7, 11) is 0. The number of hydrogen-bond acceptors (Lipinski definition) is 7. The first-order chi connectivity index (χ1) is 13.9. The van der Waals surface area contributed by atoms with Crippen molar-refractivity contribution < 1.29 is 19.2 Å². The number of nitrogens with zero attached hydrogens (tertiary/aromatic N) is 2. The highest BCUT2D eigenvalue weighted by Gasteiger charge is 2.30. The third-order valence-corrected chi connectivity index (χ3v) is 5.24. The number of amides is 1. The van der Waals surface area contributed by atoms with E-state index in [0.29, 0.717) is 21.3 Å². The summed E-state index contributed by atoms with van der Waals surface area (Å²) in [6.07, 6.45) is 3.28. The zero-order chi connectivity index (χ0) is 21.0. The molecule has 1 fully saturated rings. The van der Waals surface area contributed by atoms with E-state index in [0.717, 1.165) is 0 Å². The monoisotopic (exact) mass is 426 g/mol. The number of ether oxygens (including phenoxy) is 1. The topological polar surface area (TPSA) is 89.8 Å². The van der Waals surface area contributed by atoms with Gasteiger partial charge >= 0.3 is 5.97 Å². The second kappa shape index (κ2) is 8.80. The number of benzene rings is 2. The van der Waals surface area contributed by atoms with E-state index in [1.807, 2.05) is 0 Å². The van der Waals surface area contributed by atoms with Crippen molar-refractivity contribution in [2.75, 3.05) is 6.54 Å². The third-order valence-electron chi connectivity index (χ3n) is 3.87. The van der Waals surface area contributed by atoms with E-state index in [1.165, 1.54) is 40.9 Å². The highest BCUT2D eigenvalue weighted by molar-refractivity contribution is 8.26. The van der Waals surface area contributed by atoms with E-state index in [-0.39, 0.29) is 22.9 Å². The smallest absolute Gasteiger partial charge is 0.343 e. The zero-order valence-electron chi connectivity index (χ0n) is 14.9. The fraction of sp³-hybridized carbons (Fsp3) is 0.0500. The fourth-order valence-electron chi connectivity index (χ4n) is 2.49. The number of non-ortho nitro benzene ring substituents is 1. The van der Waals surface area contributed by atoms with Crippen molar-refractivity contribution in [3.63, 3.8) is 0 Å². The Bertz CT molecular complexity index is 1050. The maximum atomic E-state index is 12.4. The summed E-state index contributed by atoms with van der Waals surface area (Å²) in [5.41, 5.74) is 0.738. The SMILES string of the molecule is C=CCN1C(=O)/C(=C\c2cccc(OC(=O)c3ccc([N+](=O)[O-])cc3)c2)SC1=S. The number of thioether (sulfide) groups is 1. The minimum absolute atomic E-state index is 0.114. The third kappa shape index (κ3) is 4.76. The summed E-state index contributed by atoms with van der Waals surface area (Å²) in [5, 5.41) is 10.7. The van der Waals surface area contributed by atoms with Crippen LogP contribution in [0.5, 0.6) is 5.75 Å². The molecule has 0 unspecified atom stereocenters. The van der Waals surface area contributed by atoms with Gasteiger partial charge in [0.25, 0.3) is 11.6 Å². The number of thiocarbonyl (C=S) groups is 1. The maximum Gasteiger partial charge on any atom is 0.343 e. The van der Waals surface area contributed by atoms with Crippen LogP contribution in [0.4, 0.5) is 5.69 Å². The Balaban J connectivity index is 1.75. The molecule has 0 aliphatic carbocycles. The fourth-order valence-corrected chi connectivity index (χ4v) is 3.77. The molecule has 1 aliphatic rings. The number of nitro benzene ring substituents is 1. The average Bonchev–Trinajstić information content (AvgIpc) is 2.96. The van der Waals surface area contributed by atoms with Gasteiger partial charge in [-0.1, -0.05) is 42.2 Å². The van der Waals surface area contributed by atoms with Gasteiger partial charge < -0.3 is 4.74 Å². The van der Waals surface area contributed by atoms with Crippen molar-refractivity contribution in [2.45, 2.75) is 0 Å². The molecule has 0 bridgehead atoms. The summed E-state index contributed by atoms with van der Waals surface area (Å²) < 4.78 is 5.79. The van der Waals surface area contributed by atoms with E-state index >= 15 is 0 Å². The Morgan fingerprint density at radius 3 is 2.66 bits per heavy atom. The Morgan fingerprint density at radius 1 is 1.28 bits per heavy atom. The van der Waals surface area contributed by atoms with Crippen LogP contribution in [0.1, 0.15) is 15.9 Å². The van der Waals surface area contributed by atoms with E-state index in [4.69, 9.17) is 17.0 Å². The Morgan fingerprint density at radius 2 is 2.00 bits per heavy atom. The van der Waals surface area contributed by atoms with Crippen LogP contribution in [0.2, 0.25) is 0 Å². The highest BCUT2D eigenvalue weighted by Crippen LogP contribution is 2.32. The minimum atomic E-state index is -0.644. The summed E-state index contributed by atoms with van der Waals surface area (Å²) in [6.45, 7) is 3.96. The molecular weight excluding hydrogens is 412 g/mol. The van der Waals surface area contributed by atoms with Gasteiger partial charge in [0.1, 0.15) is 10.1 Å². The van der Waals surface area contributed by atoms with Crippen LogP contribution < -0.4 is 4.74 Å². The number of nitro groups is 1. The molecule has 7 nitrogen and oxygen atoms in total. The molecule has 0 saturated carbocycles. The molecule has 2 aromatic rings. The van der Waals surface area contributed by atoms with Crippen molar-refractivity contribution in [3.05, 3.63) is 87.3 Å². The lowest BCUT2D eigenvalue weighted by Gasteiger charge is -2.10. The molecule has 3 rings (SSSR count). The van der Waals surface area contributed by atoms with Gasteiger partial charge in [-0.25, -0.2) is 4.79 Å². The van der Waals surface area contributed by atoms with Crippen molar-refractivity contribution in [3.8, 4) is 5.75 Å². The normalized spacial score (nSPS) is 14.9. The number of carbonyl (C=O) groups excluding carboxylic acids is 2. The Labute approximate surface area is 175 Å². The van der Waals surface area contributed by atoms with Crippen LogP contribution in [0.25, 0.3) is 6.08 Å².